The minimum atomic E-state index is -1.31. The van der Waals surface area contributed by atoms with Gasteiger partial charge in [-0.2, -0.15) is 0 Å². The molecular formula is C24H24N2O3. The van der Waals surface area contributed by atoms with Crippen LogP contribution in [0.4, 0.5) is 5.69 Å². The minimum absolute atomic E-state index is 0.0855. The van der Waals surface area contributed by atoms with Gasteiger partial charge in [-0.15, -0.1) is 0 Å². The fraction of sp³-hybridized carbons (Fsp3) is 0.167. The van der Waals surface area contributed by atoms with Gasteiger partial charge < -0.3 is 15.7 Å². The maximum atomic E-state index is 12.1. The average molecular weight is 388 g/mol. The van der Waals surface area contributed by atoms with E-state index in [9.17, 15) is 14.7 Å². The van der Waals surface area contributed by atoms with Crippen LogP contribution in [0.5, 0.6) is 0 Å². The predicted octanol–water partition coefficient (Wildman–Crippen LogP) is 3.62. The van der Waals surface area contributed by atoms with E-state index in [1.165, 1.54) is 0 Å². The Morgan fingerprint density at radius 1 is 0.828 bits per heavy atom. The van der Waals surface area contributed by atoms with Crippen LogP contribution in [0.15, 0.2) is 78.9 Å². The van der Waals surface area contributed by atoms with Gasteiger partial charge in [0.05, 0.1) is 6.54 Å². The second kappa shape index (κ2) is 8.71. The van der Waals surface area contributed by atoms with Gasteiger partial charge in [0.25, 0.3) is 0 Å². The van der Waals surface area contributed by atoms with E-state index in [0.717, 1.165) is 16.7 Å². The summed E-state index contributed by atoms with van der Waals surface area (Å²) in [6.45, 7) is 3.45. The van der Waals surface area contributed by atoms with Crippen LogP contribution in [-0.4, -0.2) is 23.5 Å². The predicted molar refractivity (Wildman–Crippen MR) is 114 cm³/mol. The van der Waals surface area contributed by atoms with Gasteiger partial charge in [-0.1, -0.05) is 72.3 Å². The SMILES string of the molecule is Cc1ccc(NC(=O)C(=O)NCC(C)(O)c2ccc(-c3ccccc3)cc2)cc1. The van der Waals surface area contributed by atoms with E-state index in [2.05, 4.69) is 10.6 Å². The Kier molecular flexibility index (Phi) is 6.10. The molecule has 0 bridgehead atoms. The van der Waals surface area contributed by atoms with Gasteiger partial charge in [-0.05, 0) is 42.7 Å². The summed E-state index contributed by atoms with van der Waals surface area (Å²) in [4.78, 5) is 24.1. The van der Waals surface area contributed by atoms with Crippen LogP contribution in [-0.2, 0) is 15.2 Å². The second-order valence-corrected chi connectivity index (χ2v) is 7.22. The first kappa shape index (κ1) is 20.3. The molecule has 0 saturated carbocycles. The normalized spacial score (nSPS) is 12.7. The first-order chi connectivity index (χ1) is 13.8. The Hall–Kier alpha value is -3.44. The maximum absolute atomic E-state index is 12.1. The minimum Gasteiger partial charge on any atom is -0.384 e. The van der Waals surface area contributed by atoms with Crippen LogP contribution in [0.3, 0.4) is 0 Å². The molecule has 0 aliphatic carbocycles. The molecule has 1 unspecified atom stereocenters. The summed E-state index contributed by atoms with van der Waals surface area (Å²) in [5, 5.41) is 15.8. The molecule has 3 rings (SSSR count). The number of anilines is 1. The van der Waals surface area contributed by atoms with Crippen molar-refractivity contribution in [2.45, 2.75) is 19.4 Å². The molecule has 1 atom stereocenters. The van der Waals surface area contributed by atoms with Crippen molar-refractivity contribution in [3.8, 4) is 11.1 Å². The highest BCUT2D eigenvalue weighted by Crippen LogP contribution is 2.24. The molecule has 0 aromatic heterocycles. The third kappa shape index (κ3) is 5.30. The highest BCUT2D eigenvalue weighted by Gasteiger charge is 2.25. The Morgan fingerprint density at radius 3 is 2.03 bits per heavy atom. The Morgan fingerprint density at radius 2 is 1.41 bits per heavy atom. The monoisotopic (exact) mass is 388 g/mol. The quantitative estimate of drug-likeness (QED) is 0.584. The lowest BCUT2D eigenvalue weighted by atomic mass is 9.93. The number of carbonyl (C=O) groups excluding carboxylic acids is 2. The van der Waals surface area contributed by atoms with Crippen LogP contribution in [0.2, 0.25) is 0 Å². The Labute approximate surface area is 170 Å². The summed E-state index contributed by atoms with van der Waals surface area (Å²) >= 11 is 0. The molecule has 5 nitrogen and oxygen atoms in total. The topological polar surface area (TPSA) is 78.4 Å². The molecule has 5 heteroatoms. The maximum Gasteiger partial charge on any atom is 0.313 e. The number of benzene rings is 3. The van der Waals surface area contributed by atoms with Crippen LogP contribution in [0, 0.1) is 6.92 Å². The summed E-state index contributed by atoms with van der Waals surface area (Å²) in [6, 6.07) is 24.6. The van der Waals surface area contributed by atoms with Crippen molar-refractivity contribution in [3.63, 3.8) is 0 Å². The number of nitrogens with one attached hydrogen (secondary N) is 2. The second-order valence-electron chi connectivity index (χ2n) is 7.22. The van der Waals surface area contributed by atoms with Crippen molar-refractivity contribution >= 4 is 17.5 Å². The van der Waals surface area contributed by atoms with Crippen LogP contribution in [0.25, 0.3) is 11.1 Å². The van der Waals surface area contributed by atoms with E-state index in [1.807, 2.05) is 73.7 Å². The number of aryl methyl sites for hydroxylation is 1. The molecule has 0 heterocycles. The number of rotatable bonds is 5. The number of aliphatic hydroxyl groups is 1. The molecule has 3 aromatic carbocycles. The number of carbonyl (C=O) groups is 2. The highest BCUT2D eigenvalue weighted by atomic mass is 16.3. The van der Waals surface area contributed by atoms with Crippen molar-refractivity contribution in [1.29, 1.82) is 0 Å². The molecule has 0 aliphatic heterocycles. The molecule has 148 valence electrons. The van der Waals surface area contributed by atoms with E-state index in [4.69, 9.17) is 0 Å². The van der Waals surface area contributed by atoms with Crippen LogP contribution in [0.1, 0.15) is 18.1 Å². The van der Waals surface area contributed by atoms with Gasteiger partial charge >= 0.3 is 11.8 Å². The third-order valence-electron chi connectivity index (χ3n) is 4.72. The number of hydrogen-bond acceptors (Lipinski definition) is 3. The Balaban J connectivity index is 1.59. The van der Waals surface area contributed by atoms with Gasteiger partial charge in [0.2, 0.25) is 0 Å². The molecule has 29 heavy (non-hydrogen) atoms. The van der Waals surface area contributed by atoms with Gasteiger partial charge in [-0.25, -0.2) is 0 Å². The highest BCUT2D eigenvalue weighted by molar-refractivity contribution is 6.39. The van der Waals surface area contributed by atoms with Crippen LogP contribution < -0.4 is 10.6 Å². The lowest BCUT2D eigenvalue weighted by Crippen LogP contribution is -2.43. The molecular weight excluding hydrogens is 364 g/mol. The summed E-state index contributed by atoms with van der Waals surface area (Å²) in [5.41, 5.74) is 3.05. The van der Waals surface area contributed by atoms with E-state index in [-0.39, 0.29) is 6.54 Å². The smallest absolute Gasteiger partial charge is 0.313 e. The molecule has 0 radical (unpaired) electrons. The molecule has 0 aliphatic rings. The zero-order chi connectivity index (χ0) is 20.9. The van der Waals surface area contributed by atoms with E-state index in [0.29, 0.717) is 11.3 Å². The van der Waals surface area contributed by atoms with E-state index >= 15 is 0 Å². The van der Waals surface area contributed by atoms with Crippen molar-refractivity contribution in [2.24, 2.45) is 0 Å². The molecule has 0 saturated heterocycles. The first-order valence-corrected chi connectivity index (χ1v) is 9.39. The van der Waals surface area contributed by atoms with Crippen LogP contribution >= 0.6 is 0 Å². The number of amides is 2. The fourth-order valence-electron chi connectivity index (χ4n) is 2.91. The van der Waals surface area contributed by atoms with Crippen molar-refractivity contribution in [1.82, 2.24) is 5.32 Å². The zero-order valence-corrected chi connectivity index (χ0v) is 16.5. The standard InChI is InChI=1S/C24H24N2O3/c1-17-8-14-21(15-9-17)26-23(28)22(27)25-16-24(2,29)20-12-10-19(11-13-20)18-6-4-3-5-7-18/h3-15,29H,16H2,1-2H3,(H,25,27)(H,26,28). The molecule has 3 N–H and O–H groups in total. The molecule has 3 aromatic rings. The largest absolute Gasteiger partial charge is 0.384 e. The zero-order valence-electron chi connectivity index (χ0n) is 16.5. The summed E-state index contributed by atoms with van der Waals surface area (Å²) in [7, 11) is 0. The van der Waals surface area contributed by atoms with E-state index in [1.54, 1.807) is 19.1 Å². The van der Waals surface area contributed by atoms with Gasteiger partial charge in [0.15, 0.2) is 0 Å². The lowest BCUT2D eigenvalue weighted by Gasteiger charge is -2.24. The van der Waals surface area contributed by atoms with Gasteiger partial charge in [0, 0.05) is 5.69 Å². The van der Waals surface area contributed by atoms with E-state index < -0.39 is 17.4 Å². The summed E-state index contributed by atoms with van der Waals surface area (Å²) in [6.07, 6.45) is 0. The Bertz CT molecular complexity index is 979. The fourth-order valence-corrected chi connectivity index (χ4v) is 2.91. The van der Waals surface area contributed by atoms with Gasteiger partial charge in [0.1, 0.15) is 5.60 Å². The first-order valence-electron chi connectivity index (χ1n) is 9.39. The number of hydrogen-bond donors (Lipinski definition) is 3. The molecule has 0 fully saturated rings. The third-order valence-corrected chi connectivity index (χ3v) is 4.72. The summed E-state index contributed by atoms with van der Waals surface area (Å²) in [5.74, 6) is -1.57. The average Bonchev–Trinajstić information content (AvgIpc) is 2.74. The molecule has 2 amide bonds. The van der Waals surface area contributed by atoms with Crippen molar-refractivity contribution < 1.29 is 14.7 Å². The van der Waals surface area contributed by atoms with Crippen molar-refractivity contribution in [2.75, 3.05) is 11.9 Å². The lowest BCUT2D eigenvalue weighted by molar-refractivity contribution is -0.136. The molecule has 0 spiro atoms. The summed E-state index contributed by atoms with van der Waals surface area (Å²) < 4.78 is 0. The van der Waals surface area contributed by atoms with Gasteiger partial charge in [-0.3, -0.25) is 9.59 Å². The van der Waals surface area contributed by atoms with Crippen molar-refractivity contribution in [3.05, 3.63) is 90.0 Å².